The van der Waals surface area contributed by atoms with Crippen LogP contribution in [0.25, 0.3) is 10.9 Å². The van der Waals surface area contributed by atoms with Crippen molar-refractivity contribution < 1.29 is 9.59 Å². The fourth-order valence-electron chi connectivity index (χ4n) is 4.51. The fourth-order valence-corrected chi connectivity index (χ4v) is 4.51. The highest BCUT2D eigenvalue weighted by Crippen LogP contribution is 2.50. The van der Waals surface area contributed by atoms with Gasteiger partial charge in [-0.25, -0.2) is 4.90 Å². The van der Waals surface area contributed by atoms with Gasteiger partial charge in [-0.05, 0) is 48.9 Å². The number of hydrogen-bond donors (Lipinski definition) is 1. The van der Waals surface area contributed by atoms with Crippen LogP contribution in [0, 0.1) is 23.7 Å². The highest BCUT2D eigenvalue weighted by Gasteiger charge is 2.56. The van der Waals surface area contributed by atoms with Gasteiger partial charge >= 0.3 is 0 Å². The van der Waals surface area contributed by atoms with Gasteiger partial charge in [0.25, 0.3) is 0 Å². The van der Waals surface area contributed by atoms with Crippen LogP contribution in [0.4, 0.5) is 5.69 Å². The van der Waals surface area contributed by atoms with Gasteiger partial charge < -0.3 is 4.98 Å². The lowest BCUT2D eigenvalue weighted by Gasteiger charge is -2.38. The molecule has 4 atom stereocenters. The topological polar surface area (TPSA) is 53.2 Å². The number of hydrogen-bond acceptors (Lipinski definition) is 2. The third-order valence-electron chi connectivity index (χ3n) is 5.55. The standard InChI is InChI=1S/C18H16N2O2/c21-17-15-10-1-2-11(4-3-10)16(15)18(22)20(17)13-5-6-14-12(9-13)7-8-19-14/h1-2,5-11,15-16,19H,3-4H2/t10-,11+,15-,16+. The van der Waals surface area contributed by atoms with E-state index >= 15 is 0 Å². The van der Waals surface area contributed by atoms with Crippen LogP contribution in [0.3, 0.4) is 0 Å². The monoisotopic (exact) mass is 292 g/mol. The number of fused-ring (bicyclic) bond motifs is 2. The van der Waals surface area contributed by atoms with E-state index < -0.39 is 0 Å². The Balaban J connectivity index is 1.61. The molecule has 1 aliphatic heterocycles. The number of nitrogens with zero attached hydrogens (tertiary/aromatic N) is 1. The van der Waals surface area contributed by atoms with Gasteiger partial charge in [-0.3, -0.25) is 9.59 Å². The van der Waals surface area contributed by atoms with E-state index in [9.17, 15) is 9.59 Å². The molecule has 2 heterocycles. The minimum absolute atomic E-state index is 0.0102. The number of carbonyl (C=O) groups excluding carboxylic acids is 2. The van der Waals surface area contributed by atoms with Crippen LogP contribution < -0.4 is 4.90 Å². The van der Waals surface area contributed by atoms with Gasteiger partial charge in [0.2, 0.25) is 11.8 Å². The Labute approximate surface area is 127 Å². The molecule has 0 radical (unpaired) electrons. The number of H-pyrrole nitrogens is 1. The second-order valence-corrected chi connectivity index (χ2v) is 6.60. The van der Waals surface area contributed by atoms with E-state index in [-0.39, 0.29) is 35.5 Å². The summed E-state index contributed by atoms with van der Waals surface area (Å²) in [4.78, 5) is 30.3. The molecule has 4 nitrogen and oxygen atoms in total. The van der Waals surface area contributed by atoms with Crippen molar-refractivity contribution in [1.82, 2.24) is 4.98 Å². The maximum atomic E-state index is 12.9. The molecule has 4 heteroatoms. The molecule has 1 N–H and O–H groups in total. The SMILES string of the molecule is O=C1[C@@H]2[C@H](C(=O)N1c1ccc3[nH]ccc3c1)[C@@H]1C=C[C@H]2CC1. The molecule has 22 heavy (non-hydrogen) atoms. The van der Waals surface area contributed by atoms with E-state index in [0.29, 0.717) is 5.69 Å². The van der Waals surface area contributed by atoms with E-state index in [2.05, 4.69) is 17.1 Å². The molecular formula is C18H16N2O2. The van der Waals surface area contributed by atoms with Crippen LogP contribution in [0.2, 0.25) is 0 Å². The Hall–Kier alpha value is -2.36. The lowest BCUT2D eigenvalue weighted by molar-refractivity contribution is -0.124. The highest BCUT2D eigenvalue weighted by molar-refractivity contribution is 6.23. The Morgan fingerprint density at radius 2 is 1.64 bits per heavy atom. The average molecular weight is 292 g/mol. The molecule has 1 saturated carbocycles. The molecular weight excluding hydrogens is 276 g/mol. The van der Waals surface area contributed by atoms with Crippen molar-refractivity contribution in [3.05, 3.63) is 42.6 Å². The number of nitrogens with one attached hydrogen (secondary N) is 1. The fraction of sp³-hybridized carbons (Fsp3) is 0.333. The van der Waals surface area contributed by atoms with Gasteiger partial charge in [0.05, 0.1) is 17.5 Å². The van der Waals surface area contributed by atoms with Gasteiger partial charge in [-0.1, -0.05) is 12.2 Å². The zero-order valence-corrected chi connectivity index (χ0v) is 12.0. The van der Waals surface area contributed by atoms with E-state index in [0.717, 1.165) is 23.7 Å². The molecule has 0 unspecified atom stereocenters. The van der Waals surface area contributed by atoms with Crippen LogP contribution in [0.15, 0.2) is 42.6 Å². The Morgan fingerprint density at radius 1 is 0.955 bits per heavy atom. The molecule has 3 aliphatic carbocycles. The summed E-state index contributed by atoms with van der Waals surface area (Å²) in [7, 11) is 0. The van der Waals surface area contributed by atoms with Crippen LogP contribution in [-0.2, 0) is 9.59 Å². The van der Waals surface area contributed by atoms with Crippen molar-refractivity contribution in [2.24, 2.45) is 23.7 Å². The van der Waals surface area contributed by atoms with Gasteiger partial charge in [0.15, 0.2) is 0 Å². The van der Waals surface area contributed by atoms with Crippen molar-refractivity contribution in [1.29, 1.82) is 0 Å². The summed E-state index contributed by atoms with van der Waals surface area (Å²) in [6.45, 7) is 0. The minimum atomic E-state index is -0.141. The third kappa shape index (κ3) is 1.42. The molecule has 2 aromatic rings. The summed E-state index contributed by atoms with van der Waals surface area (Å²) >= 11 is 0. The summed E-state index contributed by atoms with van der Waals surface area (Å²) in [6, 6.07) is 7.68. The van der Waals surface area contributed by atoms with Crippen LogP contribution in [0.1, 0.15) is 12.8 Å². The number of aromatic nitrogens is 1. The maximum absolute atomic E-state index is 12.9. The minimum Gasteiger partial charge on any atom is -0.361 e. The molecule has 1 aromatic heterocycles. The second-order valence-electron chi connectivity index (χ2n) is 6.60. The molecule has 1 aromatic carbocycles. The molecule has 4 aliphatic rings. The van der Waals surface area contributed by atoms with Crippen molar-refractivity contribution in [2.75, 3.05) is 4.90 Å². The van der Waals surface area contributed by atoms with Crippen molar-refractivity contribution in [3.8, 4) is 0 Å². The summed E-state index contributed by atoms with van der Waals surface area (Å²) in [5.41, 5.74) is 1.72. The number of imide groups is 1. The maximum Gasteiger partial charge on any atom is 0.238 e. The first kappa shape index (κ1) is 12.2. The number of allylic oxidation sites excluding steroid dienone is 2. The van der Waals surface area contributed by atoms with Crippen LogP contribution in [-0.4, -0.2) is 16.8 Å². The lowest BCUT2D eigenvalue weighted by Crippen LogP contribution is -2.38. The van der Waals surface area contributed by atoms with Crippen molar-refractivity contribution in [2.45, 2.75) is 12.8 Å². The number of carbonyl (C=O) groups is 2. The number of rotatable bonds is 1. The summed E-state index contributed by atoms with van der Waals surface area (Å²) < 4.78 is 0. The normalized spacial score (nSPS) is 33.0. The first-order valence-corrected chi connectivity index (χ1v) is 7.87. The summed E-state index contributed by atoms with van der Waals surface area (Å²) in [5.74, 6) is 0.184. The second kappa shape index (κ2) is 4.09. The molecule has 2 bridgehead atoms. The van der Waals surface area contributed by atoms with Gasteiger partial charge in [-0.2, -0.15) is 0 Å². The van der Waals surface area contributed by atoms with Crippen molar-refractivity contribution >= 4 is 28.4 Å². The van der Waals surface area contributed by atoms with E-state index in [1.54, 1.807) is 0 Å². The average Bonchev–Trinajstić information content (AvgIpc) is 3.12. The molecule has 2 amide bonds. The molecule has 1 saturated heterocycles. The molecule has 6 rings (SSSR count). The Kier molecular flexibility index (Phi) is 2.27. The molecule has 2 fully saturated rings. The van der Waals surface area contributed by atoms with E-state index in [1.807, 2.05) is 30.5 Å². The van der Waals surface area contributed by atoms with Gasteiger partial charge in [0, 0.05) is 17.1 Å². The zero-order chi connectivity index (χ0) is 14.8. The van der Waals surface area contributed by atoms with Gasteiger partial charge in [0.1, 0.15) is 0 Å². The lowest BCUT2D eigenvalue weighted by atomic mass is 9.63. The third-order valence-corrected chi connectivity index (χ3v) is 5.55. The predicted molar refractivity (Wildman–Crippen MR) is 83.1 cm³/mol. The summed E-state index contributed by atoms with van der Waals surface area (Å²) in [6.07, 6.45) is 8.24. The van der Waals surface area contributed by atoms with Crippen molar-refractivity contribution in [3.63, 3.8) is 0 Å². The quantitative estimate of drug-likeness (QED) is 0.649. The predicted octanol–water partition coefficient (Wildman–Crippen LogP) is 2.87. The number of aromatic amines is 1. The molecule has 110 valence electrons. The number of anilines is 1. The highest BCUT2D eigenvalue weighted by atomic mass is 16.2. The van der Waals surface area contributed by atoms with Crippen LogP contribution >= 0.6 is 0 Å². The number of amides is 2. The van der Waals surface area contributed by atoms with Crippen LogP contribution in [0.5, 0.6) is 0 Å². The van der Waals surface area contributed by atoms with E-state index in [4.69, 9.17) is 0 Å². The smallest absolute Gasteiger partial charge is 0.238 e. The summed E-state index contributed by atoms with van der Waals surface area (Å²) in [5, 5.41) is 1.02. The zero-order valence-electron chi connectivity index (χ0n) is 12.0. The largest absolute Gasteiger partial charge is 0.361 e. The Morgan fingerprint density at radius 3 is 2.27 bits per heavy atom. The van der Waals surface area contributed by atoms with E-state index in [1.165, 1.54) is 4.90 Å². The Bertz CT molecular complexity index is 802. The molecule has 0 spiro atoms. The first-order valence-electron chi connectivity index (χ1n) is 7.87. The van der Waals surface area contributed by atoms with Gasteiger partial charge in [-0.15, -0.1) is 0 Å². The number of benzene rings is 1. The first-order chi connectivity index (χ1) is 10.7.